The summed E-state index contributed by atoms with van der Waals surface area (Å²) in [7, 11) is 1.65. The van der Waals surface area contributed by atoms with E-state index in [0.717, 1.165) is 22.6 Å². The molecule has 23 heavy (non-hydrogen) atoms. The van der Waals surface area contributed by atoms with Crippen LogP contribution in [0.1, 0.15) is 36.4 Å². The number of rotatable bonds is 6. The summed E-state index contributed by atoms with van der Waals surface area (Å²) in [6.07, 6.45) is 0.959. The highest BCUT2D eigenvalue weighted by Gasteiger charge is 2.24. The van der Waals surface area contributed by atoms with Crippen molar-refractivity contribution in [2.75, 3.05) is 7.11 Å². The molecule has 0 aliphatic heterocycles. The molecule has 0 fully saturated rings. The molecule has 0 atom stereocenters. The molecule has 2 rings (SSSR count). The molecule has 1 heterocycles. The van der Waals surface area contributed by atoms with Gasteiger partial charge in [-0.2, -0.15) is 0 Å². The summed E-state index contributed by atoms with van der Waals surface area (Å²) >= 11 is 0. The number of hydrogen-bond donors (Lipinski definition) is 1. The normalized spacial score (nSPS) is 11.3. The van der Waals surface area contributed by atoms with Crippen molar-refractivity contribution in [1.82, 2.24) is 10.5 Å². The van der Waals surface area contributed by atoms with Gasteiger partial charge in [0, 0.05) is 11.1 Å². The molecule has 0 bridgehead atoms. The van der Waals surface area contributed by atoms with Crippen molar-refractivity contribution in [3.8, 4) is 5.75 Å². The van der Waals surface area contributed by atoms with E-state index in [1.54, 1.807) is 7.11 Å². The highest BCUT2D eigenvalue weighted by atomic mass is 16.5. The minimum Gasteiger partial charge on any atom is -0.496 e. The van der Waals surface area contributed by atoms with Crippen LogP contribution in [-0.4, -0.2) is 23.7 Å². The molecule has 1 aromatic carbocycles. The van der Waals surface area contributed by atoms with Gasteiger partial charge in [-0.25, -0.2) is 0 Å². The van der Waals surface area contributed by atoms with Crippen LogP contribution in [0.4, 0.5) is 0 Å². The molecule has 0 saturated carbocycles. The fraction of sp³-hybridized carbons (Fsp3) is 0.444. The number of amides is 1. The Morgan fingerprint density at radius 2 is 2.00 bits per heavy atom. The first kappa shape index (κ1) is 17.1. The lowest BCUT2D eigenvalue weighted by molar-refractivity contribution is -0.122. The topological polar surface area (TPSA) is 64.4 Å². The summed E-state index contributed by atoms with van der Waals surface area (Å²) < 4.78 is 10.5. The van der Waals surface area contributed by atoms with Crippen molar-refractivity contribution < 1.29 is 14.1 Å². The quantitative estimate of drug-likeness (QED) is 0.890. The van der Waals surface area contributed by atoms with Crippen molar-refractivity contribution in [3.05, 3.63) is 46.8 Å². The third-order valence-corrected chi connectivity index (χ3v) is 3.82. The van der Waals surface area contributed by atoms with Gasteiger partial charge in [-0.1, -0.05) is 23.4 Å². The highest BCUT2D eigenvalue weighted by Crippen LogP contribution is 2.23. The van der Waals surface area contributed by atoms with E-state index in [-0.39, 0.29) is 17.9 Å². The second-order valence-electron chi connectivity index (χ2n) is 6.40. The Balaban J connectivity index is 2.04. The van der Waals surface area contributed by atoms with Gasteiger partial charge >= 0.3 is 0 Å². The van der Waals surface area contributed by atoms with Gasteiger partial charge in [-0.05, 0) is 45.7 Å². The molecule has 0 spiro atoms. The van der Waals surface area contributed by atoms with Gasteiger partial charge in [0.25, 0.3) is 0 Å². The number of benzene rings is 1. The van der Waals surface area contributed by atoms with Crippen LogP contribution in [-0.2, 0) is 17.6 Å². The van der Waals surface area contributed by atoms with E-state index in [4.69, 9.17) is 9.26 Å². The molecule has 0 aliphatic rings. The van der Waals surface area contributed by atoms with Crippen molar-refractivity contribution in [2.24, 2.45) is 0 Å². The van der Waals surface area contributed by atoms with Crippen LogP contribution in [0.25, 0.3) is 0 Å². The molecule has 0 unspecified atom stereocenters. The molecule has 5 heteroatoms. The van der Waals surface area contributed by atoms with Crippen LogP contribution in [0.3, 0.4) is 0 Å². The Labute approximate surface area is 137 Å². The Morgan fingerprint density at radius 3 is 2.61 bits per heavy atom. The third-order valence-electron chi connectivity index (χ3n) is 3.82. The number of nitrogens with one attached hydrogen (secondary N) is 1. The van der Waals surface area contributed by atoms with E-state index in [1.165, 1.54) is 0 Å². The summed E-state index contributed by atoms with van der Waals surface area (Å²) in [5, 5.41) is 6.97. The van der Waals surface area contributed by atoms with Gasteiger partial charge in [0.15, 0.2) is 0 Å². The summed E-state index contributed by atoms with van der Waals surface area (Å²) in [6, 6.07) is 7.85. The van der Waals surface area contributed by atoms with Gasteiger partial charge in [-0.3, -0.25) is 4.79 Å². The van der Waals surface area contributed by atoms with Crippen molar-refractivity contribution >= 4 is 5.91 Å². The lowest BCUT2D eigenvalue weighted by Crippen LogP contribution is -2.45. The molecule has 0 aliphatic carbocycles. The first-order valence-corrected chi connectivity index (χ1v) is 7.67. The third kappa shape index (κ3) is 4.34. The van der Waals surface area contributed by atoms with Crippen molar-refractivity contribution in [3.63, 3.8) is 0 Å². The molecule has 1 aromatic heterocycles. The van der Waals surface area contributed by atoms with E-state index in [0.29, 0.717) is 12.2 Å². The molecular weight excluding hydrogens is 292 g/mol. The maximum absolute atomic E-state index is 12.4. The highest BCUT2D eigenvalue weighted by molar-refractivity contribution is 5.79. The van der Waals surface area contributed by atoms with Crippen LogP contribution >= 0.6 is 0 Å². The van der Waals surface area contributed by atoms with Crippen LogP contribution in [0.5, 0.6) is 5.75 Å². The SMILES string of the molecule is COc1ccccc1CC(C)(C)NC(=O)Cc1c(C)noc1C. The summed E-state index contributed by atoms with van der Waals surface area (Å²) in [5.74, 6) is 1.49. The zero-order chi connectivity index (χ0) is 17.0. The second kappa shape index (κ2) is 6.86. The number of aryl methyl sites for hydroxylation is 2. The number of para-hydroxylation sites is 1. The van der Waals surface area contributed by atoms with Crippen LogP contribution in [0, 0.1) is 13.8 Å². The molecule has 0 radical (unpaired) electrons. The summed E-state index contributed by atoms with van der Waals surface area (Å²) in [4.78, 5) is 12.4. The van der Waals surface area contributed by atoms with Crippen LogP contribution < -0.4 is 10.1 Å². The molecule has 1 amide bonds. The van der Waals surface area contributed by atoms with E-state index in [9.17, 15) is 4.79 Å². The minimum atomic E-state index is -0.384. The number of nitrogens with zero attached hydrogens (tertiary/aromatic N) is 1. The maximum Gasteiger partial charge on any atom is 0.225 e. The number of ether oxygens (including phenoxy) is 1. The zero-order valence-corrected chi connectivity index (χ0v) is 14.4. The average molecular weight is 316 g/mol. The lowest BCUT2D eigenvalue weighted by atomic mass is 9.94. The zero-order valence-electron chi connectivity index (χ0n) is 14.4. The van der Waals surface area contributed by atoms with Crippen molar-refractivity contribution in [2.45, 2.75) is 46.1 Å². The molecule has 0 saturated heterocycles. The molecular formula is C18H24N2O3. The predicted octanol–water partition coefficient (Wildman–Crippen LogP) is 2.98. The van der Waals surface area contributed by atoms with E-state index in [1.807, 2.05) is 52.0 Å². The Morgan fingerprint density at radius 1 is 1.30 bits per heavy atom. The van der Waals surface area contributed by atoms with Crippen LogP contribution in [0.15, 0.2) is 28.8 Å². The largest absolute Gasteiger partial charge is 0.496 e. The Bertz CT molecular complexity index is 670. The number of hydrogen-bond acceptors (Lipinski definition) is 4. The van der Waals surface area contributed by atoms with Gasteiger partial charge in [0.05, 0.1) is 19.2 Å². The fourth-order valence-corrected chi connectivity index (χ4v) is 2.71. The summed E-state index contributed by atoms with van der Waals surface area (Å²) in [5.41, 5.74) is 2.30. The number of carbonyl (C=O) groups is 1. The van der Waals surface area contributed by atoms with E-state index in [2.05, 4.69) is 10.5 Å². The first-order chi connectivity index (χ1) is 10.8. The van der Waals surface area contributed by atoms with E-state index < -0.39 is 0 Å². The summed E-state index contributed by atoms with van der Waals surface area (Å²) in [6.45, 7) is 7.68. The fourth-order valence-electron chi connectivity index (χ4n) is 2.71. The van der Waals surface area contributed by atoms with Gasteiger partial charge in [0.1, 0.15) is 11.5 Å². The number of methoxy groups -OCH3 is 1. The molecule has 1 N–H and O–H groups in total. The monoisotopic (exact) mass is 316 g/mol. The standard InChI is InChI=1S/C18H24N2O3/c1-12-15(13(2)23-20-12)10-17(21)19-18(3,4)11-14-8-6-7-9-16(14)22-5/h6-9H,10-11H2,1-5H3,(H,19,21). The average Bonchev–Trinajstić information content (AvgIpc) is 2.78. The molecule has 5 nitrogen and oxygen atoms in total. The Hall–Kier alpha value is -2.30. The Kier molecular flexibility index (Phi) is 5.08. The van der Waals surface area contributed by atoms with Gasteiger partial charge in [0.2, 0.25) is 5.91 Å². The number of aromatic nitrogens is 1. The second-order valence-corrected chi connectivity index (χ2v) is 6.40. The predicted molar refractivity (Wildman–Crippen MR) is 88.6 cm³/mol. The van der Waals surface area contributed by atoms with E-state index >= 15 is 0 Å². The smallest absolute Gasteiger partial charge is 0.225 e. The minimum absolute atomic E-state index is 0.0423. The molecule has 2 aromatic rings. The first-order valence-electron chi connectivity index (χ1n) is 7.67. The van der Waals surface area contributed by atoms with Crippen LogP contribution in [0.2, 0.25) is 0 Å². The van der Waals surface area contributed by atoms with Crippen molar-refractivity contribution in [1.29, 1.82) is 0 Å². The lowest BCUT2D eigenvalue weighted by Gasteiger charge is -2.27. The number of carbonyl (C=O) groups excluding carboxylic acids is 1. The molecule has 124 valence electrons. The maximum atomic E-state index is 12.4. The van der Waals surface area contributed by atoms with Gasteiger partial charge in [-0.15, -0.1) is 0 Å². The van der Waals surface area contributed by atoms with Gasteiger partial charge < -0.3 is 14.6 Å².